The third-order valence-electron chi connectivity index (χ3n) is 5.04. The average Bonchev–Trinajstić information content (AvgIpc) is 2.94. The largest absolute Gasteiger partial charge is 0.497 e. The molecule has 8 heteroatoms. The summed E-state index contributed by atoms with van der Waals surface area (Å²) in [7, 11) is 1.65. The fourth-order valence-corrected chi connectivity index (χ4v) is 4.49. The first kappa shape index (κ1) is 20.3. The number of hydrazone groups is 2. The lowest BCUT2D eigenvalue weighted by atomic mass is 10.0. The van der Waals surface area contributed by atoms with Crippen LogP contribution in [0.1, 0.15) is 27.1 Å². The molecule has 2 heterocycles. The van der Waals surface area contributed by atoms with Crippen molar-refractivity contribution in [2.24, 2.45) is 16.0 Å². The molecule has 30 heavy (non-hydrogen) atoms. The van der Waals surface area contributed by atoms with E-state index < -0.39 is 0 Å². The number of aryl methyl sites for hydroxylation is 1. The maximum absolute atomic E-state index is 6.12. The Hall–Kier alpha value is -3.03. The molecule has 154 valence electrons. The predicted octanol–water partition coefficient (Wildman–Crippen LogP) is 4.94. The van der Waals surface area contributed by atoms with Gasteiger partial charge in [-0.3, -0.25) is 0 Å². The Labute approximate surface area is 184 Å². The molecule has 4 rings (SSSR count). The minimum Gasteiger partial charge on any atom is -0.497 e. The van der Waals surface area contributed by atoms with E-state index in [9.17, 15) is 0 Å². The summed E-state index contributed by atoms with van der Waals surface area (Å²) < 4.78 is 5.26. The van der Waals surface area contributed by atoms with Crippen LogP contribution >= 0.6 is 22.9 Å². The van der Waals surface area contributed by atoms with E-state index in [-0.39, 0.29) is 0 Å². The summed E-state index contributed by atoms with van der Waals surface area (Å²) in [6.45, 7) is 4.71. The average molecular weight is 440 g/mol. The summed E-state index contributed by atoms with van der Waals surface area (Å²) in [6, 6.07) is 15.6. The van der Waals surface area contributed by atoms with Crippen molar-refractivity contribution in [1.29, 1.82) is 0 Å². The summed E-state index contributed by atoms with van der Waals surface area (Å²) in [4.78, 5) is 1.22. The summed E-state index contributed by atoms with van der Waals surface area (Å²) >= 11 is 7.78. The van der Waals surface area contributed by atoms with Crippen LogP contribution in [-0.4, -0.2) is 23.8 Å². The predicted molar refractivity (Wildman–Crippen MR) is 125 cm³/mol. The Balaban J connectivity index is 1.82. The van der Waals surface area contributed by atoms with E-state index in [1.807, 2.05) is 48.5 Å². The number of hydrogen-bond donors (Lipinski definition) is 2. The van der Waals surface area contributed by atoms with E-state index in [2.05, 4.69) is 24.3 Å². The first-order chi connectivity index (χ1) is 14.5. The highest BCUT2D eigenvalue weighted by atomic mass is 35.5. The fraction of sp³-hybridized carbons (Fsp3) is 0.182. The van der Waals surface area contributed by atoms with Crippen LogP contribution in [0.2, 0.25) is 5.02 Å². The van der Waals surface area contributed by atoms with Gasteiger partial charge in [-0.25, -0.2) is 5.01 Å². The Kier molecular flexibility index (Phi) is 5.65. The Morgan fingerprint density at radius 2 is 1.83 bits per heavy atom. The van der Waals surface area contributed by atoms with Crippen molar-refractivity contribution >= 4 is 39.6 Å². The van der Waals surface area contributed by atoms with Crippen molar-refractivity contribution in [2.45, 2.75) is 20.4 Å². The van der Waals surface area contributed by atoms with Gasteiger partial charge in [-0.15, -0.1) is 16.4 Å². The number of fused-ring (bicyclic) bond motifs is 1. The number of hydrogen-bond acceptors (Lipinski definition) is 5. The van der Waals surface area contributed by atoms with E-state index >= 15 is 0 Å². The highest BCUT2D eigenvalue weighted by molar-refractivity contribution is 7.17. The normalized spacial score (nSPS) is 14.7. The summed E-state index contributed by atoms with van der Waals surface area (Å²) in [5, 5.41) is 15.8. The van der Waals surface area contributed by atoms with Gasteiger partial charge in [-0.2, -0.15) is 5.10 Å². The molecule has 0 radical (unpaired) electrons. The van der Waals surface area contributed by atoms with Crippen LogP contribution < -0.4 is 15.9 Å². The highest BCUT2D eigenvalue weighted by Crippen LogP contribution is 2.36. The van der Waals surface area contributed by atoms with Crippen LogP contribution in [0.5, 0.6) is 5.75 Å². The number of nitrogens with zero attached hydrogens (tertiary/aromatic N) is 3. The molecule has 3 N–H and O–H groups in total. The van der Waals surface area contributed by atoms with E-state index in [0.29, 0.717) is 17.5 Å². The molecule has 0 saturated heterocycles. The van der Waals surface area contributed by atoms with Crippen molar-refractivity contribution in [3.63, 3.8) is 0 Å². The van der Waals surface area contributed by atoms with Crippen molar-refractivity contribution in [3.8, 4) is 5.75 Å². The number of halogens is 1. The summed E-state index contributed by atoms with van der Waals surface area (Å²) in [5.74, 6) is 7.04. The fourth-order valence-electron chi connectivity index (χ4n) is 3.31. The number of guanidine groups is 1. The van der Waals surface area contributed by atoms with Crippen LogP contribution in [0.4, 0.5) is 5.00 Å². The zero-order valence-electron chi connectivity index (χ0n) is 16.9. The summed E-state index contributed by atoms with van der Waals surface area (Å²) in [6.07, 6.45) is 0. The van der Waals surface area contributed by atoms with Crippen LogP contribution in [-0.2, 0) is 6.54 Å². The molecule has 1 aromatic heterocycles. The minimum absolute atomic E-state index is 0.484. The number of anilines is 1. The Morgan fingerprint density at radius 1 is 1.13 bits per heavy atom. The van der Waals surface area contributed by atoms with Gasteiger partial charge in [0.15, 0.2) is 0 Å². The molecule has 6 nitrogen and oxygen atoms in total. The van der Waals surface area contributed by atoms with Crippen LogP contribution in [0.25, 0.3) is 0 Å². The third kappa shape index (κ3) is 3.86. The molecule has 0 atom stereocenters. The molecule has 0 saturated carbocycles. The smallest absolute Gasteiger partial charge is 0.241 e. The van der Waals surface area contributed by atoms with Crippen molar-refractivity contribution in [2.75, 3.05) is 12.4 Å². The number of benzene rings is 2. The topological polar surface area (TPSA) is 75.2 Å². The van der Waals surface area contributed by atoms with E-state index in [4.69, 9.17) is 27.3 Å². The van der Waals surface area contributed by atoms with Crippen molar-refractivity contribution < 1.29 is 4.74 Å². The quantitative estimate of drug-likeness (QED) is 0.446. The monoisotopic (exact) mass is 439 g/mol. The SMILES string of the molecule is COc1ccc(CN2N=C(c3ccc(Cl)cc3)c3c(sc(C)c3C)N/C2=N\N)cc1. The first-order valence-electron chi connectivity index (χ1n) is 9.40. The molecule has 0 amide bonds. The second kappa shape index (κ2) is 8.38. The number of ether oxygens (including phenoxy) is 1. The minimum atomic E-state index is 0.484. The van der Waals surface area contributed by atoms with Gasteiger partial charge in [-0.1, -0.05) is 35.9 Å². The molecule has 2 aromatic carbocycles. The molecule has 0 aliphatic carbocycles. The number of methoxy groups -OCH3 is 1. The standard InChI is InChI=1S/C22H22ClN5OS/c1-13-14(2)30-21-19(13)20(16-6-8-17(23)9-7-16)27-28(22(25-21)26-24)12-15-4-10-18(29-3)11-5-15/h4-11H,12,24H2,1-3H3,(H,25,26). The number of thiophene rings is 1. The van der Waals surface area contributed by atoms with Gasteiger partial charge in [0.1, 0.15) is 16.5 Å². The van der Waals surface area contributed by atoms with Crippen LogP contribution in [0, 0.1) is 13.8 Å². The lowest BCUT2D eigenvalue weighted by Gasteiger charge is -2.20. The lowest BCUT2D eigenvalue weighted by molar-refractivity contribution is 0.413. The number of nitrogens with two attached hydrogens (primary N) is 1. The summed E-state index contributed by atoms with van der Waals surface area (Å²) in [5.41, 5.74) is 5.11. The van der Waals surface area contributed by atoms with Gasteiger partial charge < -0.3 is 15.9 Å². The maximum atomic E-state index is 6.12. The van der Waals surface area contributed by atoms with Crippen molar-refractivity contribution in [1.82, 2.24) is 5.01 Å². The molecule has 0 unspecified atom stereocenters. The number of nitrogens with one attached hydrogen (secondary N) is 1. The second-order valence-electron chi connectivity index (χ2n) is 6.93. The van der Waals surface area contributed by atoms with E-state index in [1.54, 1.807) is 23.5 Å². The third-order valence-corrected chi connectivity index (χ3v) is 6.42. The molecule has 0 fully saturated rings. The Bertz CT molecular complexity index is 1120. The van der Waals surface area contributed by atoms with E-state index in [1.165, 1.54) is 10.4 Å². The maximum Gasteiger partial charge on any atom is 0.241 e. The molecular formula is C22H22ClN5OS. The van der Waals surface area contributed by atoms with Crippen molar-refractivity contribution in [3.05, 3.63) is 80.7 Å². The van der Waals surface area contributed by atoms with Gasteiger partial charge in [0, 0.05) is 21.0 Å². The highest BCUT2D eigenvalue weighted by Gasteiger charge is 2.27. The van der Waals surface area contributed by atoms with Crippen LogP contribution in [0.3, 0.4) is 0 Å². The molecule has 0 spiro atoms. The van der Waals surface area contributed by atoms with Gasteiger partial charge in [0.25, 0.3) is 0 Å². The zero-order valence-corrected chi connectivity index (χ0v) is 18.5. The lowest BCUT2D eigenvalue weighted by Crippen LogP contribution is -2.32. The zero-order chi connectivity index (χ0) is 21.3. The van der Waals surface area contributed by atoms with Gasteiger partial charge in [-0.05, 0) is 49.2 Å². The molecule has 1 aliphatic heterocycles. The first-order valence-corrected chi connectivity index (χ1v) is 10.6. The number of rotatable bonds is 4. The molecule has 1 aliphatic rings. The van der Waals surface area contributed by atoms with E-state index in [0.717, 1.165) is 33.2 Å². The molecule has 3 aromatic rings. The van der Waals surface area contributed by atoms with Gasteiger partial charge in [0.05, 0.1) is 13.7 Å². The van der Waals surface area contributed by atoms with Gasteiger partial charge in [0.2, 0.25) is 5.96 Å². The second-order valence-corrected chi connectivity index (χ2v) is 8.59. The van der Waals surface area contributed by atoms with Gasteiger partial charge >= 0.3 is 0 Å². The molecule has 0 bridgehead atoms. The Morgan fingerprint density at radius 3 is 2.47 bits per heavy atom. The van der Waals surface area contributed by atoms with Crippen LogP contribution in [0.15, 0.2) is 58.7 Å². The molecular weight excluding hydrogens is 418 g/mol.